The van der Waals surface area contributed by atoms with E-state index in [0.29, 0.717) is 29.6 Å². The van der Waals surface area contributed by atoms with E-state index < -0.39 is 0 Å². The van der Waals surface area contributed by atoms with Crippen LogP contribution >= 0.6 is 0 Å². The first-order valence-electron chi connectivity index (χ1n) is 8.20. The zero-order chi connectivity index (χ0) is 15.4. The number of ether oxygens (including phenoxy) is 1. The molecule has 118 valence electrons. The van der Waals surface area contributed by atoms with Gasteiger partial charge < -0.3 is 9.64 Å². The highest BCUT2D eigenvalue weighted by atomic mass is 16.5. The Morgan fingerprint density at radius 1 is 1.13 bits per heavy atom. The van der Waals surface area contributed by atoms with E-state index in [4.69, 9.17) is 4.74 Å². The largest absolute Gasteiger partial charge is 0.374 e. The van der Waals surface area contributed by atoms with Crippen LogP contribution in [0.3, 0.4) is 0 Å². The third-order valence-electron chi connectivity index (χ3n) is 5.54. The molecule has 3 fully saturated rings. The molecule has 3 aliphatic rings. The number of fused-ring (bicyclic) bond motifs is 5. The predicted octanol–water partition coefficient (Wildman–Crippen LogP) is 1.52. The van der Waals surface area contributed by atoms with E-state index in [1.54, 1.807) is 11.0 Å². The molecule has 5 rings (SSSR count). The SMILES string of the molecule is O=C(c1ccccc1-n1cncn1)N1C[C@@H]2[C@H](C1)[C@H]1CC[C@@H]2O1. The summed E-state index contributed by atoms with van der Waals surface area (Å²) in [5, 5.41) is 4.16. The summed E-state index contributed by atoms with van der Waals surface area (Å²) in [7, 11) is 0. The maximum Gasteiger partial charge on any atom is 0.256 e. The van der Waals surface area contributed by atoms with Crippen molar-refractivity contribution in [2.45, 2.75) is 25.0 Å². The van der Waals surface area contributed by atoms with Gasteiger partial charge in [0.05, 0.1) is 23.5 Å². The Morgan fingerprint density at radius 3 is 2.57 bits per heavy atom. The van der Waals surface area contributed by atoms with Crippen LogP contribution in [0.2, 0.25) is 0 Å². The molecule has 6 heteroatoms. The molecule has 6 nitrogen and oxygen atoms in total. The second-order valence-electron chi connectivity index (χ2n) is 6.69. The van der Waals surface area contributed by atoms with Gasteiger partial charge in [-0.25, -0.2) is 9.67 Å². The zero-order valence-corrected chi connectivity index (χ0v) is 12.7. The summed E-state index contributed by atoms with van der Waals surface area (Å²) in [4.78, 5) is 19.0. The number of aromatic nitrogens is 3. The van der Waals surface area contributed by atoms with Crippen LogP contribution in [0, 0.1) is 11.8 Å². The Labute approximate surface area is 134 Å². The van der Waals surface area contributed by atoms with E-state index in [1.165, 1.54) is 6.33 Å². The highest BCUT2D eigenvalue weighted by molar-refractivity contribution is 5.98. The minimum Gasteiger partial charge on any atom is -0.374 e. The van der Waals surface area contributed by atoms with Gasteiger partial charge in [0.15, 0.2) is 0 Å². The molecular weight excluding hydrogens is 292 g/mol. The fourth-order valence-corrected chi connectivity index (χ4v) is 4.48. The van der Waals surface area contributed by atoms with Gasteiger partial charge in [-0.2, -0.15) is 5.10 Å². The number of likely N-dealkylation sites (tertiary alicyclic amines) is 1. The van der Waals surface area contributed by atoms with Crippen molar-refractivity contribution in [2.75, 3.05) is 13.1 Å². The summed E-state index contributed by atoms with van der Waals surface area (Å²) < 4.78 is 7.65. The summed E-state index contributed by atoms with van der Waals surface area (Å²) in [6.07, 6.45) is 6.16. The first-order chi connectivity index (χ1) is 11.3. The third-order valence-corrected chi connectivity index (χ3v) is 5.54. The molecule has 0 aliphatic carbocycles. The Bertz CT molecular complexity index is 727. The van der Waals surface area contributed by atoms with E-state index in [0.717, 1.165) is 31.6 Å². The van der Waals surface area contributed by atoms with Crippen LogP contribution < -0.4 is 0 Å². The fourth-order valence-electron chi connectivity index (χ4n) is 4.48. The lowest BCUT2D eigenvalue weighted by atomic mass is 9.82. The van der Waals surface area contributed by atoms with Crippen molar-refractivity contribution in [3.05, 3.63) is 42.5 Å². The van der Waals surface area contributed by atoms with Crippen LogP contribution in [0.15, 0.2) is 36.9 Å². The molecule has 3 aliphatic heterocycles. The normalized spacial score (nSPS) is 31.6. The molecule has 0 saturated carbocycles. The molecule has 4 atom stereocenters. The molecule has 3 saturated heterocycles. The third kappa shape index (κ3) is 1.94. The van der Waals surface area contributed by atoms with Gasteiger partial charge in [0.2, 0.25) is 0 Å². The number of hydrogen-bond donors (Lipinski definition) is 0. The van der Waals surface area contributed by atoms with Crippen molar-refractivity contribution in [2.24, 2.45) is 11.8 Å². The van der Waals surface area contributed by atoms with Crippen molar-refractivity contribution in [3.63, 3.8) is 0 Å². The van der Waals surface area contributed by atoms with Crippen molar-refractivity contribution < 1.29 is 9.53 Å². The number of hydrogen-bond acceptors (Lipinski definition) is 4. The second kappa shape index (κ2) is 4.89. The van der Waals surface area contributed by atoms with E-state index in [1.807, 2.05) is 29.2 Å². The molecule has 2 aromatic rings. The van der Waals surface area contributed by atoms with E-state index in [2.05, 4.69) is 10.1 Å². The summed E-state index contributed by atoms with van der Waals surface area (Å²) in [6.45, 7) is 1.63. The predicted molar refractivity (Wildman–Crippen MR) is 82.1 cm³/mol. The Kier molecular flexibility index (Phi) is 2.82. The van der Waals surface area contributed by atoms with Crippen LogP contribution in [0.1, 0.15) is 23.2 Å². The monoisotopic (exact) mass is 310 g/mol. The Balaban J connectivity index is 1.44. The molecule has 1 aromatic heterocycles. The highest BCUT2D eigenvalue weighted by Gasteiger charge is 2.53. The van der Waals surface area contributed by atoms with Crippen LogP contribution in [-0.4, -0.2) is 50.9 Å². The quantitative estimate of drug-likeness (QED) is 0.844. The molecule has 2 bridgehead atoms. The van der Waals surface area contributed by atoms with E-state index >= 15 is 0 Å². The molecule has 0 N–H and O–H groups in total. The summed E-state index contributed by atoms with van der Waals surface area (Å²) in [6, 6.07) is 7.60. The molecule has 0 spiro atoms. The second-order valence-corrected chi connectivity index (χ2v) is 6.69. The first kappa shape index (κ1) is 13.2. The number of carbonyl (C=O) groups excluding carboxylic acids is 1. The van der Waals surface area contributed by atoms with Gasteiger partial charge in [-0.05, 0) is 25.0 Å². The summed E-state index contributed by atoms with van der Waals surface area (Å²) in [5.41, 5.74) is 1.47. The van der Waals surface area contributed by atoms with Crippen LogP contribution in [-0.2, 0) is 4.74 Å². The molecule has 4 heterocycles. The van der Waals surface area contributed by atoms with Gasteiger partial charge in [0.25, 0.3) is 5.91 Å². The number of benzene rings is 1. The highest BCUT2D eigenvalue weighted by Crippen LogP contribution is 2.47. The van der Waals surface area contributed by atoms with Gasteiger partial charge in [-0.15, -0.1) is 0 Å². The number of para-hydroxylation sites is 1. The summed E-state index contributed by atoms with van der Waals surface area (Å²) >= 11 is 0. The topological polar surface area (TPSA) is 60.2 Å². The van der Waals surface area contributed by atoms with Crippen molar-refractivity contribution in [1.29, 1.82) is 0 Å². The lowest BCUT2D eigenvalue weighted by molar-refractivity contribution is 0.0594. The van der Waals surface area contributed by atoms with Crippen LogP contribution in [0.25, 0.3) is 5.69 Å². The lowest BCUT2D eigenvalue weighted by Crippen LogP contribution is -2.32. The zero-order valence-electron chi connectivity index (χ0n) is 12.7. The number of amides is 1. The van der Waals surface area contributed by atoms with Crippen LogP contribution in [0.5, 0.6) is 0 Å². The Hall–Kier alpha value is -2.21. The molecule has 23 heavy (non-hydrogen) atoms. The summed E-state index contributed by atoms with van der Waals surface area (Å²) in [5.74, 6) is 1.14. The van der Waals surface area contributed by atoms with Crippen molar-refractivity contribution in [1.82, 2.24) is 19.7 Å². The van der Waals surface area contributed by atoms with Crippen molar-refractivity contribution >= 4 is 5.91 Å². The minimum atomic E-state index is 0.0879. The number of nitrogens with zero attached hydrogens (tertiary/aromatic N) is 4. The minimum absolute atomic E-state index is 0.0879. The number of rotatable bonds is 2. The fraction of sp³-hybridized carbons (Fsp3) is 0.471. The standard InChI is InChI=1S/C17H18N4O2/c22-17(11-3-1-2-4-14(11)21-10-18-9-19-21)20-7-12-13(8-20)16-6-5-15(12)23-16/h1-4,9-10,12-13,15-16H,5-8H2/t12-,13+,15+,16-. The maximum atomic E-state index is 13.1. The van der Waals surface area contributed by atoms with Gasteiger partial charge in [-0.1, -0.05) is 12.1 Å². The van der Waals surface area contributed by atoms with Crippen LogP contribution in [0.4, 0.5) is 0 Å². The average Bonchev–Trinajstić information content (AvgIpc) is 3.36. The van der Waals surface area contributed by atoms with Gasteiger partial charge in [0.1, 0.15) is 12.7 Å². The maximum absolute atomic E-state index is 13.1. The molecule has 1 aromatic carbocycles. The molecule has 0 radical (unpaired) electrons. The average molecular weight is 310 g/mol. The molecule has 0 unspecified atom stereocenters. The van der Waals surface area contributed by atoms with E-state index in [-0.39, 0.29) is 5.91 Å². The van der Waals surface area contributed by atoms with Gasteiger partial charge in [0, 0.05) is 24.9 Å². The molecule has 1 amide bonds. The smallest absolute Gasteiger partial charge is 0.256 e. The lowest BCUT2D eigenvalue weighted by Gasteiger charge is -2.20. The van der Waals surface area contributed by atoms with Gasteiger partial charge in [-0.3, -0.25) is 4.79 Å². The Morgan fingerprint density at radius 2 is 1.87 bits per heavy atom. The molecular formula is C17H18N4O2. The van der Waals surface area contributed by atoms with Gasteiger partial charge >= 0.3 is 0 Å². The van der Waals surface area contributed by atoms with Crippen molar-refractivity contribution in [3.8, 4) is 5.69 Å². The van der Waals surface area contributed by atoms with E-state index in [9.17, 15) is 4.79 Å². The first-order valence-corrected chi connectivity index (χ1v) is 8.20. The number of carbonyl (C=O) groups is 1.